The van der Waals surface area contributed by atoms with E-state index in [9.17, 15) is 9.59 Å². The maximum Gasteiger partial charge on any atom is 0.301 e. The minimum Gasteiger partial charge on any atom is -0.277 e. The van der Waals surface area contributed by atoms with Gasteiger partial charge in [-0.15, -0.1) is 6.42 Å². The molecule has 0 aliphatic carbocycles. The predicted molar refractivity (Wildman–Crippen MR) is 105 cm³/mol. The third-order valence-corrected chi connectivity index (χ3v) is 4.21. The van der Waals surface area contributed by atoms with Crippen LogP contribution in [0.2, 0.25) is 0 Å². The molecule has 8 nitrogen and oxygen atoms in total. The summed E-state index contributed by atoms with van der Waals surface area (Å²) in [6.45, 7) is 3.16. The fourth-order valence-corrected chi connectivity index (χ4v) is 2.77. The number of nitrogens with zero attached hydrogens (tertiary/aromatic N) is 6. The van der Waals surface area contributed by atoms with E-state index in [1.807, 2.05) is 25.1 Å². The van der Waals surface area contributed by atoms with E-state index in [0.717, 1.165) is 11.3 Å². The van der Waals surface area contributed by atoms with Crippen LogP contribution in [-0.2, 0) is 16.1 Å². The Hall–Kier alpha value is -3.73. The molecule has 0 bridgehead atoms. The summed E-state index contributed by atoms with van der Waals surface area (Å²) in [7, 11) is 0. The number of hydrogen-bond acceptors (Lipinski definition) is 6. The molecule has 0 spiro atoms. The summed E-state index contributed by atoms with van der Waals surface area (Å²) in [5.41, 5.74) is 2.38. The maximum atomic E-state index is 12.8. The molecule has 28 heavy (non-hydrogen) atoms. The molecule has 2 aromatic heterocycles. The van der Waals surface area contributed by atoms with Gasteiger partial charge in [-0.25, -0.2) is 5.01 Å². The first-order valence-corrected chi connectivity index (χ1v) is 8.80. The second-order valence-electron chi connectivity index (χ2n) is 6.24. The molecule has 2 amide bonds. The van der Waals surface area contributed by atoms with Crippen molar-refractivity contribution in [3.63, 3.8) is 0 Å². The molecular weight excluding hydrogens is 356 g/mol. The van der Waals surface area contributed by atoms with Gasteiger partial charge in [0.2, 0.25) is 6.41 Å². The Morgan fingerprint density at radius 2 is 2.21 bits per heavy atom. The number of anilines is 1. The lowest BCUT2D eigenvalue weighted by atomic mass is 10.2. The molecule has 0 saturated carbocycles. The largest absolute Gasteiger partial charge is 0.301 e. The van der Waals surface area contributed by atoms with Gasteiger partial charge in [-0.3, -0.25) is 29.6 Å². The Balaban J connectivity index is 1.91. The van der Waals surface area contributed by atoms with Gasteiger partial charge in [0.25, 0.3) is 0 Å². The summed E-state index contributed by atoms with van der Waals surface area (Å²) >= 11 is 0. The molecule has 1 saturated heterocycles. The molecule has 8 heteroatoms. The van der Waals surface area contributed by atoms with Crippen LogP contribution in [0.5, 0.6) is 0 Å². The van der Waals surface area contributed by atoms with Crippen LogP contribution in [-0.4, -0.2) is 51.1 Å². The number of pyridine rings is 2. The molecule has 1 fully saturated rings. The Kier molecular flexibility index (Phi) is 5.97. The molecule has 142 valence electrons. The zero-order valence-electron chi connectivity index (χ0n) is 15.5. The van der Waals surface area contributed by atoms with Crippen molar-refractivity contribution in [2.45, 2.75) is 19.9 Å². The van der Waals surface area contributed by atoms with Crippen LogP contribution in [0.4, 0.5) is 5.69 Å². The maximum absolute atomic E-state index is 12.8. The van der Waals surface area contributed by atoms with Crippen molar-refractivity contribution in [1.82, 2.24) is 20.0 Å². The quantitative estimate of drug-likeness (QED) is 0.329. The summed E-state index contributed by atoms with van der Waals surface area (Å²) in [6.07, 6.45) is 11.9. The molecule has 0 unspecified atom stereocenters. The number of aryl methyl sites for hydroxylation is 1. The van der Waals surface area contributed by atoms with Gasteiger partial charge >= 0.3 is 5.91 Å². The van der Waals surface area contributed by atoms with Crippen molar-refractivity contribution in [1.29, 1.82) is 0 Å². The van der Waals surface area contributed by atoms with E-state index >= 15 is 0 Å². The third-order valence-electron chi connectivity index (χ3n) is 4.21. The highest BCUT2D eigenvalue weighted by Gasteiger charge is 2.29. The lowest BCUT2D eigenvalue weighted by Crippen LogP contribution is -2.44. The average Bonchev–Trinajstić information content (AvgIpc) is 3.21. The van der Waals surface area contributed by atoms with Gasteiger partial charge in [-0.1, -0.05) is 6.07 Å². The Morgan fingerprint density at radius 1 is 1.36 bits per heavy atom. The van der Waals surface area contributed by atoms with E-state index in [1.165, 1.54) is 10.0 Å². The van der Waals surface area contributed by atoms with Crippen LogP contribution < -0.4 is 5.01 Å². The Bertz CT molecular complexity index is 905. The number of rotatable bonds is 6. The van der Waals surface area contributed by atoms with Gasteiger partial charge in [0, 0.05) is 25.5 Å². The molecule has 1 aliphatic rings. The number of hydrazine groups is 1. The van der Waals surface area contributed by atoms with E-state index in [0.29, 0.717) is 38.2 Å². The number of aromatic nitrogens is 2. The van der Waals surface area contributed by atoms with Gasteiger partial charge in [-0.2, -0.15) is 5.10 Å². The SMILES string of the molecule is C#C/C(=N\N(Cc1ccc(C)cn1)c1cccnc1)C(=O)N1CCCN1C=O. The summed E-state index contributed by atoms with van der Waals surface area (Å²) in [5.74, 6) is 1.86. The monoisotopic (exact) mass is 376 g/mol. The van der Waals surface area contributed by atoms with Gasteiger partial charge < -0.3 is 0 Å². The van der Waals surface area contributed by atoms with Crippen LogP contribution in [0.3, 0.4) is 0 Å². The van der Waals surface area contributed by atoms with Crippen molar-refractivity contribution in [3.8, 4) is 12.3 Å². The zero-order valence-corrected chi connectivity index (χ0v) is 15.5. The minimum absolute atomic E-state index is 0.0929. The number of carbonyl (C=O) groups is 2. The molecule has 0 aromatic carbocycles. The number of hydrazone groups is 1. The van der Waals surface area contributed by atoms with Crippen LogP contribution >= 0.6 is 0 Å². The lowest BCUT2D eigenvalue weighted by molar-refractivity contribution is -0.145. The molecule has 0 atom stereocenters. The van der Waals surface area contributed by atoms with Gasteiger partial charge in [-0.05, 0) is 43.0 Å². The van der Waals surface area contributed by atoms with Crippen molar-refractivity contribution < 1.29 is 9.59 Å². The average molecular weight is 376 g/mol. The Morgan fingerprint density at radius 3 is 2.86 bits per heavy atom. The zero-order chi connectivity index (χ0) is 19.9. The molecular formula is C20H20N6O2. The first-order chi connectivity index (χ1) is 13.6. The van der Waals surface area contributed by atoms with Crippen molar-refractivity contribution >= 4 is 23.7 Å². The summed E-state index contributed by atoms with van der Waals surface area (Å²) in [5, 5.41) is 8.61. The fourth-order valence-electron chi connectivity index (χ4n) is 2.77. The van der Waals surface area contributed by atoms with Crippen LogP contribution in [0, 0.1) is 19.3 Å². The Labute approximate surface area is 163 Å². The number of terminal acetylenes is 1. The number of carbonyl (C=O) groups excluding carboxylic acids is 2. The number of amides is 2. The number of hydrogen-bond donors (Lipinski definition) is 0. The normalized spacial score (nSPS) is 13.9. The predicted octanol–water partition coefficient (Wildman–Crippen LogP) is 1.39. The molecule has 1 aliphatic heterocycles. The molecule has 0 N–H and O–H groups in total. The highest BCUT2D eigenvalue weighted by Crippen LogP contribution is 2.17. The smallest absolute Gasteiger partial charge is 0.277 e. The van der Waals surface area contributed by atoms with Gasteiger partial charge in [0.1, 0.15) is 0 Å². The minimum atomic E-state index is -0.488. The van der Waals surface area contributed by atoms with Crippen molar-refractivity contribution in [2.24, 2.45) is 5.10 Å². The molecule has 0 radical (unpaired) electrons. The highest BCUT2D eigenvalue weighted by molar-refractivity contribution is 6.45. The highest BCUT2D eigenvalue weighted by atomic mass is 16.2. The van der Waals surface area contributed by atoms with E-state index in [4.69, 9.17) is 6.42 Å². The second-order valence-corrected chi connectivity index (χ2v) is 6.24. The molecule has 3 heterocycles. The standard InChI is InChI=1S/C20H20N6O2/c1-3-19(20(28)26-11-5-10-24(26)15-27)23-25(18-6-4-9-21-13-18)14-17-8-7-16(2)12-22-17/h1,4,6-9,12-13,15H,5,10-11,14H2,2H3/b23-19+. The molecule has 3 rings (SSSR count). The topological polar surface area (TPSA) is 82.0 Å². The van der Waals surface area contributed by atoms with Crippen LogP contribution in [0.1, 0.15) is 17.7 Å². The van der Waals surface area contributed by atoms with E-state index in [-0.39, 0.29) is 5.71 Å². The third kappa shape index (κ3) is 4.32. The summed E-state index contributed by atoms with van der Waals surface area (Å²) in [4.78, 5) is 32.5. The van der Waals surface area contributed by atoms with Gasteiger partial charge in [0.15, 0.2) is 5.71 Å². The van der Waals surface area contributed by atoms with Crippen LogP contribution in [0.15, 0.2) is 48.0 Å². The van der Waals surface area contributed by atoms with Crippen molar-refractivity contribution in [3.05, 3.63) is 54.1 Å². The fraction of sp³-hybridized carbons (Fsp3) is 0.250. The second kappa shape index (κ2) is 8.77. The van der Waals surface area contributed by atoms with E-state index in [2.05, 4.69) is 21.0 Å². The first-order valence-electron chi connectivity index (χ1n) is 8.80. The molecule has 2 aromatic rings. The van der Waals surface area contributed by atoms with Gasteiger partial charge in [0.05, 0.1) is 24.1 Å². The summed E-state index contributed by atoms with van der Waals surface area (Å²) < 4.78 is 0. The van der Waals surface area contributed by atoms with Crippen LogP contribution in [0.25, 0.3) is 0 Å². The first kappa shape index (κ1) is 19.0. The summed E-state index contributed by atoms with van der Waals surface area (Å²) in [6, 6.07) is 7.43. The van der Waals surface area contributed by atoms with E-state index in [1.54, 1.807) is 29.7 Å². The lowest BCUT2D eigenvalue weighted by Gasteiger charge is -2.24. The van der Waals surface area contributed by atoms with E-state index < -0.39 is 5.91 Å². The van der Waals surface area contributed by atoms with Crippen molar-refractivity contribution in [2.75, 3.05) is 18.1 Å².